The van der Waals surface area contributed by atoms with Gasteiger partial charge in [-0.3, -0.25) is 0 Å². The van der Waals surface area contributed by atoms with Gasteiger partial charge in [0.25, 0.3) is 0 Å². The third kappa shape index (κ3) is 5.40. The van der Waals surface area contributed by atoms with Gasteiger partial charge in [-0.15, -0.1) is 0 Å². The predicted octanol–water partition coefficient (Wildman–Crippen LogP) is 6.86. The molecule has 0 amide bonds. The highest BCUT2D eigenvalue weighted by Crippen LogP contribution is 2.19. The summed E-state index contributed by atoms with van der Waals surface area (Å²) in [5.41, 5.74) is 2.49. The molecule has 0 aliphatic carbocycles. The van der Waals surface area contributed by atoms with Gasteiger partial charge in [0.05, 0.1) is 5.69 Å². The van der Waals surface area contributed by atoms with Gasteiger partial charge in [0.1, 0.15) is 0 Å². The van der Waals surface area contributed by atoms with Crippen LogP contribution in [-0.2, 0) is 0 Å². The van der Waals surface area contributed by atoms with Crippen molar-refractivity contribution in [3.63, 3.8) is 0 Å². The molecule has 0 aromatic heterocycles. The molecule has 0 aliphatic rings. The van der Waals surface area contributed by atoms with Crippen LogP contribution in [0.15, 0.2) is 77.8 Å². The molecular formula is C19H14Cl3N3. The van der Waals surface area contributed by atoms with Gasteiger partial charge in [0.15, 0.2) is 0 Å². The monoisotopic (exact) mass is 389 g/mol. The lowest BCUT2D eigenvalue weighted by atomic mass is 10.3. The van der Waals surface area contributed by atoms with Crippen LogP contribution >= 0.6 is 34.8 Å². The molecule has 2 N–H and O–H groups in total. The number of nitrogens with zero attached hydrogens (tertiary/aromatic N) is 1. The van der Waals surface area contributed by atoms with E-state index in [2.05, 4.69) is 15.6 Å². The molecule has 0 aliphatic heterocycles. The van der Waals surface area contributed by atoms with Gasteiger partial charge in [-0.2, -0.15) is 0 Å². The Balaban J connectivity index is 1.87. The maximum absolute atomic E-state index is 5.94. The molecule has 0 saturated heterocycles. The summed E-state index contributed by atoms with van der Waals surface area (Å²) >= 11 is 17.8. The molecule has 0 bridgehead atoms. The van der Waals surface area contributed by atoms with E-state index in [1.165, 1.54) is 0 Å². The average molecular weight is 391 g/mol. The standard InChI is InChI=1S/C19H14Cl3N3/c20-13-1-7-16(8-2-13)23-19(24-17-9-3-14(21)4-10-17)25-18-11-5-15(22)6-12-18/h1-12H,(H2,23,24,25). The van der Waals surface area contributed by atoms with Crippen molar-refractivity contribution in [1.82, 2.24) is 0 Å². The van der Waals surface area contributed by atoms with Crippen LogP contribution < -0.4 is 10.6 Å². The van der Waals surface area contributed by atoms with Crippen LogP contribution in [0.5, 0.6) is 0 Å². The lowest BCUT2D eigenvalue weighted by molar-refractivity contribution is 1.45. The first-order valence-corrected chi connectivity index (χ1v) is 8.61. The molecular weight excluding hydrogens is 377 g/mol. The number of guanidine groups is 1. The molecule has 0 fully saturated rings. The summed E-state index contributed by atoms with van der Waals surface area (Å²) in [5, 5.41) is 8.50. The number of aliphatic imine (C=N–C) groups is 1. The first-order chi connectivity index (χ1) is 12.1. The Morgan fingerprint density at radius 2 is 0.920 bits per heavy atom. The van der Waals surface area contributed by atoms with Gasteiger partial charge in [0, 0.05) is 26.4 Å². The fourth-order valence-electron chi connectivity index (χ4n) is 2.07. The molecule has 0 unspecified atom stereocenters. The minimum atomic E-state index is 0.562. The van der Waals surface area contributed by atoms with E-state index in [0.717, 1.165) is 17.1 Å². The molecule has 126 valence electrons. The number of rotatable bonds is 3. The Kier molecular flexibility index (Phi) is 5.82. The van der Waals surface area contributed by atoms with Crippen LogP contribution in [0.25, 0.3) is 0 Å². The normalized spacial score (nSPS) is 10.2. The third-order valence-electron chi connectivity index (χ3n) is 3.28. The maximum Gasteiger partial charge on any atom is 0.205 e. The molecule has 0 spiro atoms. The van der Waals surface area contributed by atoms with Crippen LogP contribution in [0.4, 0.5) is 17.1 Å². The molecule has 3 aromatic carbocycles. The third-order valence-corrected chi connectivity index (χ3v) is 4.04. The Morgan fingerprint density at radius 1 is 0.560 bits per heavy atom. The van der Waals surface area contributed by atoms with Gasteiger partial charge in [0.2, 0.25) is 5.96 Å². The summed E-state index contributed by atoms with van der Waals surface area (Å²) in [6.07, 6.45) is 0. The van der Waals surface area contributed by atoms with Crippen molar-refractivity contribution in [1.29, 1.82) is 0 Å². The molecule has 3 rings (SSSR count). The van der Waals surface area contributed by atoms with Gasteiger partial charge >= 0.3 is 0 Å². The summed E-state index contributed by atoms with van der Waals surface area (Å²) in [6.45, 7) is 0. The SMILES string of the molecule is Clc1ccc(N=C(Nc2ccc(Cl)cc2)Nc2ccc(Cl)cc2)cc1. The molecule has 0 radical (unpaired) electrons. The van der Waals surface area contributed by atoms with E-state index in [4.69, 9.17) is 34.8 Å². The fraction of sp³-hybridized carbons (Fsp3) is 0. The zero-order valence-corrected chi connectivity index (χ0v) is 15.3. The molecule has 0 atom stereocenters. The molecule has 25 heavy (non-hydrogen) atoms. The minimum absolute atomic E-state index is 0.562. The van der Waals surface area contributed by atoms with E-state index < -0.39 is 0 Å². The van der Waals surface area contributed by atoms with Crippen molar-refractivity contribution < 1.29 is 0 Å². The van der Waals surface area contributed by atoms with Crippen LogP contribution in [0.2, 0.25) is 15.1 Å². The number of hydrogen-bond acceptors (Lipinski definition) is 1. The largest absolute Gasteiger partial charge is 0.326 e. The van der Waals surface area contributed by atoms with Gasteiger partial charge in [-0.05, 0) is 72.8 Å². The van der Waals surface area contributed by atoms with E-state index in [-0.39, 0.29) is 0 Å². The van der Waals surface area contributed by atoms with E-state index in [0.29, 0.717) is 21.0 Å². The molecule has 3 aromatic rings. The van der Waals surface area contributed by atoms with Gasteiger partial charge < -0.3 is 10.6 Å². The Bertz CT molecular complexity index is 808. The lowest BCUT2D eigenvalue weighted by Crippen LogP contribution is -2.21. The van der Waals surface area contributed by atoms with E-state index in [1.807, 2.05) is 60.7 Å². The summed E-state index contributed by atoms with van der Waals surface area (Å²) in [6, 6.07) is 22.0. The van der Waals surface area contributed by atoms with Crippen molar-refractivity contribution in [2.75, 3.05) is 10.6 Å². The maximum atomic E-state index is 5.94. The number of anilines is 2. The quantitative estimate of drug-likeness (QED) is 0.378. The summed E-state index contributed by atoms with van der Waals surface area (Å²) in [5.74, 6) is 0.562. The van der Waals surface area contributed by atoms with Crippen molar-refractivity contribution >= 4 is 57.8 Å². The number of benzene rings is 3. The fourth-order valence-corrected chi connectivity index (χ4v) is 2.45. The number of nitrogens with one attached hydrogen (secondary N) is 2. The van der Waals surface area contributed by atoms with Crippen LogP contribution in [0, 0.1) is 0 Å². The van der Waals surface area contributed by atoms with Crippen molar-refractivity contribution in [2.45, 2.75) is 0 Å². The van der Waals surface area contributed by atoms with Crippen molar-refractivity contribution in [3.8, 4) is 0 Å². The number of hydrogen-bond donors (Lipinski definition) is 2. The molecule has 0 heterocycles. The second kappa shape index (κ2) is 8.26. The summed E-state index contributed by atoms with van der Waals surface area (Å²) < 4.78 is 0. The van der Waals surface area contributed by atoms with Gasteiger partial charge in [-0.1, -0.05) is 34.8 Å². The van der Waals surface area contributed by atoms with Gasteiger partial charge in [-0.25, -0.2) is 4.99 Å². The van der Waals surface area contributed by atoms with Crippen molar-refractivity contribution in [2.24, 2.45) is 4.99 Å². The highest BCUT2D eigenvalue weighted by atomic mass is 35.5. The van der Waals surface area contributed by atoms with E-state index >= 15 is 0 Å². The van der Waals surface area contributed by atoms with Crippen LogP contribution in [0.1, 0.15) is 0 Å². The number of halogens is 3. The van der Waals surface area contributed by atoms with Crippen molar-refractivity contribution in [3.05, 3.63) is 87.9 Å². The summed E-state index contributed by atoms with van der Waals surface area (Å²) in [7, 11) is 0. The van der Waals surface area contributed by atoms with E-state index in [9.17, 15) is 0 Å². The molecule has 3 nitrogen and oxygen atoms in total. The predicted molar refractivity (Wildman–Crippen MR) is 109 cm³/mol. The molecule has 6 heteroatoms. The van der Waals surface area contributed by atoms with Crippen LogP contribution in [0.3, 0.4) is 0 Å². The zero-order valence-electron chi connectivity index (χ0n) is 13.0. The van der Waals surface area contributed by atoms with E-state index in [1.54, 1.807) is 12.1 Å². The highest BCUT2D eigenvalue weighted by Gasteiger charge is 2.03. The Morgan fingerprint density at radius 3 is 1.32 bits per heavy atom. The Hall–Kier alpha value is -2.20. The molecule has 0 saturated carbocycles. The van der Waals surface area contributed by atoms with Crippen LogP contribution in [-0.4, -0.2) is 5.96 Å². The Labute approximate surface area is 161 Å². The smallest absolute Gasteiger partial charge is 0.205 e. The second-order valence-electron chi connectivity index (χ2n) is 5.20. The second-order valence-corrected chi connectivity index (χ2v) is 6.51. The lowest BCUT2D eigenvalue weighted by Gasteiger charge is -2.13. The first-order valence-electron chi connectivity index (χ1n) is 7.48. The first kappa shape index (κ1) is 17.6. The topological polar surface area (TPSA) is 36.4 Å². The minimum Gasteiger partial charge on any atom is -0.326 e. The highest BCUT2D eigenvalue weighted by molar-refractivity contribution is 6.31. The zero-order chi connectivity index (χ0) is 17.6. The average Bonchev–Trinajstić information content (AvgIpc) is 2.61. The summed E-state index contributed by atoms with van der Waals surface area (Å²) in [4.78, 5) is 4.60.